The largest absolute Gasteiger partial charge is 0.271 e. The van der Waals surface area contributed by atoms with Gasteiger partial charge >= 0.3 is 0 Å². The quantitative estimate of drug-likeness (QED) is 0.636. The normalized spacial score (nSPS) is 12.3. The second-order valence-electron chi connectivity index (χ2n) is 4.63. The summed E-state index contributed by atoms with van der Waals surface area (Å²) in [5, 5.41) is 0.433. The molecule has 1 heterocycles. The standard InChI is InChI=1S/C15H17ClFN3/c16-14-5-3-6-15(17)13(14)10-12(20-18)8-7-11-4-1-2-9-19-11/h1-6,9,12,20H,7-8,10,18H2. The first-order valence-electron chi connectivity index (χ1n) is 6.49. The third-order valence-corrected chi connectivity index (χ3v) is 3.58. The molecular weight excluding hydrogens is 277 g/mol. The van der Waals surface area contributed by atoms with Gasteiger partial charge < -0.3 is 0 Å². The minimum Gasteiger partial charge on any atom is -0.271 e. The van der Waals surface area contributed by atoms with E-state index in [1.807, 2.05) is 18.2 Å². The summed E-state index contributed by atoms with van der Waals surface area (Å²) in [6, 6.07) is 10.4. The minimum absolute atomic E-state index is 0.0496. The first-order valence-corrected chi connectivity index (χ1v) is 6.87. The van der Waals surface area contributed by atoms with Gasteiger partial charge in [-0.05, 0) is 43.5 Å². The third kappa shape index (κ3) is 4.00. The number of hydrogen-bond acceptors (Lipinski definition) is 3. The van der Waals surface area contributed by atoms with Crippen molar-refractivity contribution in [2.75, 3.05) is 0 Å². The average Bonchev–Trinajstić information content (AvgIpc) is 2.47. The number of nitrogens with two attached hydrogens (primary N) is 1. The van der Waals surface area contributed by atoms with Crippen LogP contribution in [0.4, 0.5) is 4.39 Å². The average molecular weight is 294 g/mol. The monoisotopic (exact) mass is 293 g/mol. The fraction of sp³-hybridized carbons (Fsp3) is 0.267. The molecule has 1 aromatic carbocycles. The molecule has 0 saturated heterocycles. The molecule has 0 bridgehead atoms. The summed E-state index contributed by atoms with van der Waals surface area (Å²) >= 11 is 6.03. The highest BCUT2D eigenvalue weighted by molar-refractivity contribution is 6.31. The molecule has 5 heteroatoms. The molecule has 0 aliphatic carbocycles. The van der Waals surface area contributed by atoms with Crippen molar-refractivity contribution in [3.05, 3.63) is 64.7 Å². The van der Waals surface area contributed by atoms with Crippen molar-refractivity contribution in [2.24, 2.45) is 5.84 Å². The van der Waals surface area contributed by atoms with Crippen molar-refractivity contribution < 1.29 is 4.39 Å². The summed E-state index contributed by atoms with van der Waals surface area (Å²) in [7, 11) is 0. The molecular formula is C15H17ClFN3. The van der Waals surface area contributed by atoms with Crippen molar-refractivity contribution >= 4 is 11.6 Å². The number of pyridine rings is 1. The maximum absolute atomic E-state index is 13.7. The van der Waals surface area contributed by atoms with E-state index < -0.39 is 0 Å². The number of nitrogens with one attached hydrogen (secondary N) is 1. The predicted octanol–water partition coefficient (Wildman–Crippen LogP) is 2.88. The molecule has 0 saturated carbocycles. The van der Waals surface area contributed by atoms with Crippen molar-refractivity contribution in [1.29, 1.82) is 0 Å². The summed E-state index contributed by atoms with van der Waals surface area (Å²) in [6.45, 7) is 0. The lowest BCUT2D eigenvalue weighted by Gasteiger charge is -2.17. The van der Waals surface area contributed by atoms with Crippen molar-refractivity contribution in [1.82, 2.24) is 10.4 Å². The Labute approximate surface area is 122 Å². The van der Waals surface area contributed by atoms with E-state index in [4.69, 9.17) is 17.4 Å². The molecule has 3 nitrogen and oxygen atoms in total. The smallest absolute Gasteiger partial charge is 0.127 e. The van der Waals surface area contributed by atoms with E-state index in [1.165, 1.54) is 6.07 Å². The number of aromatic nitrogens is 1. The van der Waals surface area contributed by atoms with Gasteiger partial charge in [0, 0.05) is 28.5 Å². The third-order valence-electron chi connectivity index (χ3n) is 3.22. The van der Waals surface area contributed by atoms with Gasteiger partial charge in [0.15, 0.2) is 0 Å². The van der Waals surface area contributed by atoms with Crippen molar-refractivity contribution in [3.63, 3.8) is 0 Å². The summed E-state index contributed by atoms with van der Waals surface area (Å²) < 4.78 is 13.7. The molecule has 1 aromatic heterocycles. The predicted molar refractivity (Wildman–Crippen MR) is 78.8 cm³/mol. The van der Waals surface area contributed by atoms with Gasteiger partial charge in [-0.1, -0.05) is 23.7 Å². The lowest BCUT2D eigenvalue weighted by atomic mass is 10.0. The van der Waals surface area contributed by atoms with Crippen molar-refractivity contribution in [3.8, 4) is 0 Å². The van der Waals surface area contributed by atoms with Gasteiger partial charge in [0.2, 0.25) is 0 Å². The highest BCUT2D eigenvalue weighted by Gasteiger charge is 2.14. The second kappa shape index (κ2) is 7.33. The van der Waals surface area contributed by atoms with E-state index in [2.05, 4.69) is 10.4 Å². The van der Waals surface area contributed by atoms with Crippen LogP contribution in [0.2, 0.25) is 5.02 Å². The highest BCUT2D eigenvalue weighted by atomic mass is 35.5. The lowest BCUT2D eigenvalue weighted by Crippen LogP contribution is -2.37. The van der Waals surface area contributed by atoms with Gasteiger partial charge in [0.1, 0.15) is 5.82 Å². The lowest BCUT2D eigenvalue weighted by molar-refractivity contribution is 0.478. The molecule has 0 fully saturated rings. The second-order valence-corrected chi connectivity index (χ2v) is 5.03. The Bertz CT molecular complexity index is 528. The molecule has 3 N–H and O–H groups in total. The number of hydrogen-bond donors (Lipinski definition) is 2. The molecule has 20 heavy (non-hydrogen) atoms. The molecule has 0 amide bonds. The Kier molecular flexibility index (Phi) is 5.47. The zero-order valence-corrected chi connectivity index (χ0v) is 11.8. The van der Waals surface area contributed by atoms with Gasteiger partial charge in [-0.15, -0.1) is 0 Å². The van der Waals surface area contributed by atoms with Gasteiger partial charge in [-0.25, -0.2) is 4.39 Å². The SMILES string of the molecule is NNC(CCc1ccccn1)Cc1c(F)cccc1Cl. The Morgan fingerprint density at radius 3 is 2.75 bits per heavy atom. The van der Waals surface area contributed by atoms with E-state index in [0.29, 0.717) is 17.0 Å². The number of rotatable bonds is 6. The molecule has 0 aliphatic rings. The molecule has 106 valence electrons. The van der Waals surface area contributed by atoms with E-state index >= 15 is 0 Å². The van der Waals surface area contributed by atoms with Crippen LogP contribution in [0.5, 0.6) is 0 Å². The van der Waals surface area contributed by atoms with Crippen LogP contribution in [0.25, 0.3) is 0 Å². The first kappa shape index (κ1) is 14.9. The van der Waals surface area contributed by atoms with Crippen LogP contribution in [-0.2, 0) is 12.8 Å². The van der Waals surface area contributed by atoms with Crippen LogP contribution in [0.3, 0.4) is 0 Å². The molecule has 0 spiro atoms. The van der Waals surface area contributed by atoms with Crippen molar-refractivity contribution in [2.45, 2.75) is 25.3 Å². The van der Waals surface area contributed by atoms with Gasteiger partial charge in [0.05, 0.1) is 0 Å². The highest BCUT2D eigenvalue weighted by Crippen LogP contribution is 2.21. The van der Waals surface area contributed by atoms with Crippen LogP contribution >= 0.6 is 11.6 Å². The molecule has 2 aromatic rings. The van der Waals surface area contributed by atoms with E-state index in [-0.39, 0.29) is 11.9 Å². The van der Waals surface area contributed by atoms with E-state index in [1.54, 1.807) is 18.3 Å². The number of benzene rings is 1. The Morgan fingerprint density at radius 1 is 1.25 bits per heavy atom. The Balaban J connectivity index is 1.99. The van der Waals surface area contributed by atoms with E-state index in [0.717, 1.165) is 18.5 Å². The van der Waals surface area contributed by atoms with Crippen LogP contribution < -0.4 is 11.3 Å². The molecule has 0 aliphatic heterocycles. The summed E-state index contributed by atoms with van der Waals surface area (Å²) in [5.74, 6) is 5.25. The van der Waals surface area contributed by atoms with Crippen LogP contribution in [-0.4, -0.2) is 11.0 Å². The fourth-order valence-electron chi connectivity index (χ4n) is 2.09. The van der Waals surface area contributed by atoms with Gasteiger partial charge in [-0.2, -0.15) is 0 Å². The Hall–Kier alpha value is -1.49. The fourth-order valence-corrected chi connectivity index (χ4v) is 2.33. The molecule has 2 rings (SSSR count). The zero-order chi connectivity index (χ0) is 14.4. The zero-order valence-electron chi connectivity index (χ0n) is 11.0. The van der Waals surface area contributed by atoms with Crippen LogP contribution in [0.15, 0.2) is 42.6 Å². The summed E-state index contributed by atoms with van der Waals surface area (Å²) in [5.41, 5.74) is 4.21. The maximum Gasteiger partial charge on any atom is 0.127 e. The molecule has 1 atom stereocenters. The number of nitrogens with zero attached hydrogens (tertiary/aromatic N) is 1. The summed E-state index contributed by atoms with van der Waals surface area (Å²) in [6.07, 6.45) is 3.75. The molecule has 1 unspecified atom stereocenters. The van der Waals surface area contributed by atoms with Crippen LogP contribution in [0, 0.1) is 5.82 Å². The van der Waals surface area contributed by atoms with Gasteiger partial charge in [0.25, 0.3) is 0 Å². The van der Waals surface area contributed by atoms with Crippen LogP contribution in [0.1, 0.15) is 17.7 Å². The first-order chi connectivity index (χ1) is 9.70. The number of aryl methyl sites for hydroxylation is 1. The maximum atomic E-state index is 13.7. The van der Waals surface area contributed by atoms with Gasteiger partial charge in [-0.3, -0.25) is 16.3 Å². The topological polar surface area (TPSA) is 50.9 Å². The molecule has 0 radical (unpaired) electrons. The van der Waals surface area contributed by atoms with E-state index in [9.17, 15) is 4.39 Å². The summed E-state index contributed by atoms with van der Waals surface area (Å²) in [4.78, 5) is 4.26. The number of hydrazine groups is 1. The number of halogens is 2. The minimum atomic E-state index is -0.296. The Morgan fingerprint density at radius 2 is 2.10 bits per heavy atom.